The summed E-state index contributed by atoms with van der Waals surface area (Å²) in [5, 5.41) is 5.52. The molecule has 124 valence electrons. The molecule has 0 aliphatic carbocycles. The first-order valence-corrected chi connectivity index (χ1v) is 8.41. The van der Waals surface area contributed by atoms with Gasteiger partial charge in [-0.25, -0.2) is 0 Å². The maximum absolute atomic E-state index is 12.6. The van der Waals surface area contributed by atoms with Crippen LogP contribution in [0.3, 0.4) is 0 Å². The minimum atomic E-state index is 0.128. The van der Waals surface area contributed by atoms with Gasteiger partial charge in [-0.3, -0.25) is 9.48 Å². The van der Waals surface area contributed by atoms with E-state index in [0.29, 0.717) is 18.5 Å². The Morgan fingerprint density at radius 3 is 2.83 bits per heavy atom. The summed E-state index contributed by atoms with van der Waals surface area (Å²) in [6, 6.07) is 9.88. The molecule has 3 rings (SSSR count). The van der Waals surface area contributed by atoms with E-state index in [0.717, 1.165) is 40.7 Å². The number of aromatic nitrogens is 3. The molecule has 4 nitrogen and oxygen atoms in total. The molecule has 0 saturated heterocycles. The Kier molecular flexibility index (Phi) is 4.65. The van der Waals surface area contributed by atoms with E-state index in [1.165, 1.54) is 0 Å². The number of fused-ring (bicyclic) bond motifs is 1. The number of nitrogens with zero attached hydrogens (tertiary/aromatic N) is 2. The van der Waals surface area contributed by atoms with Crippen LogP contribution < -0.4 is 0 Å². The second kappa shape index (κ2) is 6.87. The molecule has 24 heavy (non-hydrogen) atoms. The van der Waals surface area contributed by atoms with E-state index in [9.17, 15) is 4.79 Å². The fourth-order valence-corrected chi connectivity index (χ4v) is 3.03. The van der Waals surface area contributed by atoms with Crippen LogP contribution in [0.4, 0.5) is 0 Å². The Morgan fingerprint density at radius 2 is 2.12 bits per heavy atom. The van der Waals surface area contributed by atoms with Gasteiger partial charge in [-0.15, -0.1) is 0 Å². The van der Waals surface area contributed by atoms with E-state index in [4.69, 9.17) is 0 Å². The summed E-state index contributed by atoms with van der Waals surface area (Å²) in [6.45, 7) is 9.00. The van der Waals surface area contributed by atoms with E-state index in [2.05, 4.69) is 23.6 Å². The molecule has 2 heterocycles. The lowest BCUT2D eigenvalue weighted by Gasteiger charge is -2.08. The van der Waals surface area contributed by atoms with Crippen molar-refractivity contribution >= 4 is 22.3 Å². The van der Waals surface area contributed by atoms with Crippen LogP contribution in [0.1, 0.15) is 48.4 Å². The molecule has 0 radical (unpaired) electrons. The molecule has 0 aliphatic rings. The number of hydrogen-bond acceptors (Lipinski definition) is 2. The van der Waals surface area contributed by atoms with Crippen LogP contribution >= 0.6 is 0 Å². The zero-order valence-corrected chi connectivity index (χ0v) is 14.3. The predicted molar refractivity (Wildman–Crippen MR) is 98.2 cm³/mol. The number of allylic oxidation sites excluding steroid dienone is 1. The number of H-pyrrole nitrogens is 1. The van der Waals surface area contributed by atoms with Crippen molar-refractivity contribution in [2.75, 3.05) is 0 Å². The summed E-state index contributed by atoms with van der Waals surface area (Å²) in [4.78, 5) is 15.8. The third kappa shape index (κ3) is 3.18. The molecule has 0 bridgehead atoms. The molecule has 0 saturated carbocycles. The number of Topliss-reactive ketones (excluding diaryl/α,β-unsaturated/α-hetero) is 1. The molecule has 0 aliphatic heterocycles. The summed E-state index contributed by atoms with van der Waals surface area (Å²) in [5.41, 5.74) is 4.83. The Hall–Kier alpha value is -2.62. The molecule has 0 spiro atoms. The molecule has 3 aromatic rings. The molecular weight excluding hydrogens is 298 g/mol. The predicted octanol–water partition coefficient (Wildman–Crippen LogP) is 4.62. The summed E-state index contributed by atoms with van der Waals surface area (Å²) in [5.74, 6) is 0.128. The summed E-state index contributed by atoms with van der Waals surface area (Å²) < 4.78 is 2.00. The highest BCUT2D eigenvalue weighted by Gasteiger charge is 2.15. The number of hydrogen-bond donors (Lipinski definition) is 1. The van der Waals surface area contributed by atoms with Gasteiger partial charge in [0.1, 0.15) is 0 Å². The first-order chi connectivity index (χ1) is 11.6. The zero-order valence-electron chi connectivity index (χ0n) is 14.3. The highest BCUT2D eigenvalue weighted by Crippen LogP contribution is 2.21. The zero-order chi connectivity index (χ0) is 17.1. The van der Waals surface area contributed by atoms with Crippen molar-refractivity contribution < 1.29 is 4.79 Å². The summed E-state index contributed by atoms with van der Waals surface area (Å²) in [6.07, 6.45) is 4.01. The van der Waals surface area contributed by atoms with Crippen LogP contribution in [-0.2, 0) is 13.0 Å². The second-order valence-corrected chi connectivity index (χ2v) is 6.20. The highest BCUT2D eigenvalue weighted by atomic mass is 16.1. The molecule has 0 fully saturated rings. The van der Waals surface area contributed by atoms with Crippen LogP contribution in [0.5, 0.6) is 0 Å². The number of aromatic amines is 1. The van der Waals surface area contributed by atoms with Gasteiger partial charge >= 0.3 is 0 Å². The minimum absolute atomic E-state index is 0.128. The molecule has 0 amide bonds. The van der Waals surface area contributed by atoms with Crippen LogP contribution in [0.15, 0.2) is 43.1 Å². The van der Waals surface area contributed by atoms with Crippen molar-refractivity contribution in [1.29, 1.82) is 0 Å². The van der Waals surface area contributed by atoms with Gasteiger partial charge in [-0.1, -0.05) is 31.7 Å². The van der Waals surface area contributed by atoms with Crippen LogP contribution in [-0.4, -0.2) is 20.5 Å². The van der Waals surface area contributed by atoms with E-state index >= 15 is 0 Å². The molecule has 0 atom stereocenters. The monoisotopic (exact) mass is 321 g/mol. The third-order valence-corrected chi connectivity index (χ3v) is 4.26. The lowest BCUT2D eigenvalue weighted by atomic mass is 10.0. The smallest absolute Gasteiger partial charge is 0.179 e. The average molecular weight is 321 g/mol. The Morgan fingerprint density at radius 1 is 1.33 bits per heavy atom. The number of rotatable bonds is 7. The highest BCUT2D eigenvalue weighted by molar-refractivity contribution is 5.99. The molecular formula is C20H23N3O. The fraction of sp³-hybridized carbons (Fsp3) is 0.300. The van der Waals surface area contributed by atoms with Gasteiger partial charge in [0, 0.05) is 35.1 Å². The first-order valence-electron chi connectivity index (χ1n) is 8.41. The fourth-order valence-electron chi connectivity index (χ4n) is 3.03. The van der Waals surface area contributed by atoms with Crippen molar-refractivity contribution in [2.45, 2.75) is 39.7 Å². The first kappa shape index (κ1) is 16.2. The van der Waals surface area contributed by atoms with Gasteiger partial charge in [0.25, 0.3) is 0 Å². The largest absolute Gasteiger partial charge is 0.352 e. The lowest BCUT2D eigenvalue weighted by molar-refractivity contribution is 0.0978. The van der Waals surface area contributed by atoms with Gasteiger partial charge in [-0.2, -0.15) is 5.10 Å². The van der Waals surface area contributed by atoms with E-state index in [1.54, 1.807) is 0 Å². The van der Waals surface area contributed by atoms with Crippen LogP contribution in [0, 0.1) is 0 Å². The minimum Gasteiger partial charge on any atom is -0.352 e. The van der Waals surface area contributed by atoms with Crippen molar-refractivity contribution in [3.05, 3.63) is 60.1 Å². The van der Waals surface area contributed by atoms with Crippen LogP contribution in [0.2, 0.25) is 0 Å². The third-order valence-electron chi connectivity index (χ3n) is 4.26. The number of para-hydroxylation sites is 1. The van der Waals surface area contributed by atoms with Gasteiger partial charge < -0.3 is 4.98 Å². The molecule has 0 unspecified atom stereocenters. The number of nitrogens with one attached hydrogen (secondary N) is 1. The lowest BCUT2D eigenvalue weighted by Crippen LogP contribution is -2.09. The van der Waals surface area contributed by atoms with Gasteiger partial charge in [0.05, 0.1) is 11.9 Å². The molecule has 4 heteroatoms. The standard InChI is InChI=1S/C20H23N3O/c1-4-11-23-19(16(13-21-23)14(2)3)9-10-20(24)18-12-15-7-5-6-8-17(15)22-18/h5-8,12-13,22H,2,4,9-11H2,1,3H3. The molecule has 2 aromatic heterocycles. The van der Waals surface area contributed by atoms with Gasteiger partial charge in [-0.05, 0) is 37.5 Å². The maximum atomic E-state index is 12.6. The molecule has 1 aromatic carbocycles. The number of ketones is 1. The number of aryl methyl sites for hydroxylation is 1. The van der Waals surface area contributed by atoms with E-state index in [1.807, 2.05) is 48.1 Å². The number of benzene rings is 1. The molecule has 1 N–H and O–H groups in total. The van der Waals surface area contributed by atoms with Crippen LogP contribution in [0.25, 0.3) is 16.5 Å². The maximum Gasteiger partial charge on any atom is 0.179 e. The summed E-state index contributed by atoms with van der Waals surface area (Å²) >= 11 is 0. The summed E-state index contributed by atoms with van der Waals surface area (Å²) in [7, 11) is 0. The SMILES string of the molecule is C=C(C)c1cnn(CCC)c1CCC(=O)c1cc2ccccc2[nH]1. The Balaban J connectivity index is 1.78. The van der Waals surface area contributed by atoms with E-state index in [-0.39, 0.29) is 5.78 Å². The Labute approximate surface area is 142 Å². The number of carbonyl (C=O) groups excluding carboxylic acids is 1. The van der Waals surface area contributed by atoms with Crippen molar-refractivity contribution in [3.63, 3.8) is 0 Å². The second-order valence-electron chi connectivity index (χ2n) is 6.20. The topological polar surface area (TPSA) is 50.7 Å². The quantitative estimate of drug-likeness (QED) is 0.645. The Bertz CT molecular complexity index is 852. The van der Waals surface area contributed by atoms with Crippen molar-refractivity contribution in [2.24, 2.45) is 0 Å². The number of carbonyl (C=O) groups is 1. The van der Waals surface area contributed by atoms with E-state index < -0.39 is 0 Å². The van der Waals surface area contributed by atoms with Gasteiger partial charge in [0.15, 0.2) is 5.78 Å². The normalized spacial score (nSPS) is 11.1. The van der Waals surface area contributed by atoms with Crippen molar-refractivity contribution in [1.82, 2.24) is 14.8 Å². The average Bonchev–Trinajstić information content (AvgIpc) is 3.17. The van der Waals surface area contributed by atoms with Gasteiger partial charge in [0.2, 0.25) is 0 Å². The van der Waals surface area contributed by atoms with Crippen molar-refractivity contribution in [3.8, 4) is 0 Å².